The molecule has 1 unspecified atom stereocenters. The maximum atomic E-state index is 12.6. The van der Waals surface area contributed by atoms with E-state index < -0.39 is 10.0 Å². The topological polar surface area (TPSA) is 46.6 Å². The largest absolute Gasteiger partial charge is 0.496 e. The summed E-state index contributed by atoms with van der Waals surface area (Å²) in [5, 5.41) is 0. The molecule has 0 bridgehead atoms. The predicted molar refractivity (Wildman–Crippen MR) is 77.9 cm³/mol. The predicted octanol–water partition coefficient (Wildman–Crippen LogP) is 2.88. The maximum Gasteiger partial charge on any atom is 0.243 e. The van der Waals surface area contributed by atoms with Gasteiger partial charge in [-0.3, -0.25) is 0 Å². The highest BCUT2D eigenvalue weighted by atomic mass is 79.9. The fraction of sp³-hybridized carbons (Fsp3) is 0.538. The lowest BCUT2D eigenvalue weighted by Crippen LogP contribution is -2.39. The lowest BCUT2D eigenvalue weighted by Gasteiger charge is -2.30. The number of ether oxygens (including phenoxy) is 1. The van der Waals surface area contributed by atoms with E-state index in [-0.39, 0.29) is 0 Å². The summed E-state index contributed by atoms with van der Waals surface area (Å²) >= 11 is 3.33. The van der Waals surface area contributed by atoms with Crippen molar-refractivity contribution in [2.75, 3.05) is 20.2 Å². The van der Waals surface area contributed by atoms with E-state index in [4.69, 9.17) is 4.74 Å². The zero-order valence-electron chi connectivity index (χ0n) is 11.1. The summed E-state index contributed by atoms with van der Waals surface area (Å²) in [7, 11) is -1.88. The van der Waals surface area contributed by atoms with Crippen LogP contribution in [0.25, 0.3) is 0 Å². The van der Waals surface area contributed by atoms with Gasteiger partial charge in [0.05, 0.1) is 16.5 Å². The Balaban J connectivity index is 2.33. The quantitative estimate of drug-likeness (QED) is 0.844. The number of hydrogen-bond acceptors (Lipinski definition) is 3. The van der Waals surface area contributed by atoms with Gasteiger partial charge in [0.2, 0.25) is 10.0 Å². The molecule has 1 aliphatic heterocycles. The van der Waals surface area contributed by atoms with E-state index in [0.29, 0.717) is 29.7 Å². The zero-order valence-corrected chi connectivity index (χ0v) is 13.5. The first-order valence-corrected chi connectivity index (χ1v) is 8.52. The van der Waals surface area contributed by atoms with Gasteiger partial charge in [-0.1, -0.05) is 6.92 Å². The second kappa shape index (κ2) is 5.81. The first-order chi connectivity index (χ1) is 8.95. The molecule has 1 aromatic carbocycles. The minimum absolute atomic E-state index is 0.293. The number of nitrogens with zero attached hydrogens (tertiary/aromatic N) is 1. The van der Waals surface area contributed by atoms with Crippen LogP contribution in [0.5, 0.6) is 5.75 Å². The normalized spacial score (nSPS) is 21.3. The number of sulfonamides is 1. The Morgan fingerprint density at radius 3 is 2.79 bits per heavy atom. The first-order valence-electron chi connectivity index (χ1n) is 6.29. The van der Waals surface area contributed by atoms with Crippen molar-refractivity contribution in [1.29, 1.82) is 0 Å². The van der Waals surface area contributed by atoms with Gasteiger partial charge in [0.1, 0.15) is 5.75 Å². The lowest BCUT2D eigenvalue weighted by atomic mass is 10.0. The number of hydrogen-bond donors (Lipinski definition) is 0. The van der Waals surface area contributed by atoms with E-state index in [1.807, 2.05) is 0 Å². The number of methoxy groups -OCH3 is 1. The van der Waals surface area contributed by atoms with Gasteiger partial charge in [-0.2, -0.15) is 4.31 Å². The summed E-state index contributed by atoms with van der Waals surface area (Å²) < 4.78 is 32.6. The molecule has 0 aromatic heterocycles. The standard InChI is InChI=1S/C13H18BrNO3S/c1-10-4-3-7-15(9-10)19(16,17)11-5-6-12(14)13(8-11)18-2/h5-6,8,10H,3-4,7,9H2,1-2H3. The molecule has 4 nitrogen and oxygen atoms in total. The van der Waals surface area contributed by atoms with E-state index in [1.54, 1.807) is 22.5 Å². The van der Waals surface area contributed by atoms with Crippen LogP contribution in [0.1, 0.15) is 19.8 Å². The van der Waals surface area contributed by atoms with Crippen molar-refractivity contribution in [3.8, 4) is 5.75 Å². The Kier molecular flexibility index (Phi) is 4.53. The van der Waals surface area contributed by atoms with Crippen LogP contribution in [-0.2, 0) is 10.0 Å². The Bertz CT molecular complexity index is 559. The highest BCUT2D eigenvalue weighted by molar-refractivity contribution is 9.10. The van der Waals surface area contributed by atoms with Crippen LogP contribution in [0.15, 0.2) is 27.6 Å². The highest BCUT2D eigenvalue weighted by Crippen LogP contribution is 2.30. The molecule has 0 aliphatic carbocycles. The van der Waals surface area contributed by atoms with Crippen LogP contribution in [0.4, 0.5) is 0 Å². The second-order valence-corrected chi connectivity index (χ2v) is 7.70. The third kappa shape index (κ3) is 3.12. The van der Waals surface area contributed by atoms with Crippen LogP contribution in [0.3, 0.4) is 0 Å². The number of halogens is 1. The maximum absolute atomic E-state index is 12.6. The van der Waals surface area contributed by atoms with Crippen molar-refractivity contribution < 1.29 is 13.2 Å². The van der Waals surface area contributed by atoms with Gasteiger partial charge in [-0.05, 0) is 46.8 Å². The Morgan fingerprint density at radius 1 is 1.42 bits per heavy atom. The smallest absolute Gasteiger partial charge is 0.243 e. The van der Waals surface area contributed by atoms with Crippen LogP contribution in [0.2, 0.25) is 0 Å². The molecule has 1 saturated heterocycles. The summed E-state index contributed by atoms with van der Waals surface area (Å²) in [5.41, 5.74) is 0. The monoisotopic (exact) mass is 347 g/mol. The van der Waals surface area contributed by atoms with Gasteiger partial charge in [0.25, 0.3) is 0 Å². The van der Waals surface area contributed by atoms with Crippen LogP contribution < -0.4 is 4.74 Å². The van der Waals surface area contributed by atoms with E-state index in [9.17, 15) is 8.42 Å². The molecule has 2 rings (SSSR count). The van der Waals surface area contributed by atoms with E-state index in [2.05, 4.69) is 22.9 Å². The molecule has 0 radical (unpaired) electrons. The SMILES string of the molecule is COc1cc(S(=O)(=O)N2CCCC(C)C2)ccc1Br. The van der Waals surface area contributed by atoms with Gasteiger partial charge < -0.3 is 4.74 Å². The molecule has 106 valence electrons. The van der Waals surface area contributed by atoms with E-state index >= 15 is 0 Å². The van der Waals surface area contributed by atoms with Crippen LogP contribution >= 0.6 is 15.9 Å². The molecule has 0 saturated carbocycles. The molecule has 0 N–H and O–H groups in total. The minimum Gasteiger partial charge on any atom is -0.496 e. The van der Waals surface area contributed by atoms with Crippen molar-refractivity contribution in [1.82, 2.24) is 4.31 Å². The minimum atomic E-state index is -3.41. The Morgan fingerprint density at radius 2 is 2.16 bits per heavy atom. The molecule has 1 atom stereocenters. The number of benzene rings is 1. The molecule has 1 heterocycles. The van der Waals surface area contributed by atoms with Gasteiger partial charge >= 0.3 is 0 Å². The van der Waals surface area contributed by atoms with Crippen molar-refractivity contribution in [3.63, 3.8) is 0 Å². The third-order valence-corrected chi connectivity index (χ3v) is 5.90. The molecule has 0 amide bonds. The summed E-state index contributed by atoms with van der Waals surface area (Å²) in [5.74, 6) is 0.951. The van der Waals surface area contributed by atoms with E-state index in [0.717, 1.165) is 17.3 Å². The number of rotatable bonds is 3. The molecular weight excluding hydrogens is 330 g/mol. The molecule has 1 aromatic rings. The zero-order chi connectivity index (χ0) is 14.0. The molecule has 1 fully saturated rings. The first kappa shape index (κ1) is 14.8. The van der Waals surface area contributed by atoms with Gasteiger partial charge in [-0.15, -0.1) is 0 Å². The molecular formula is C13H18BrNO3S. The third-order valence-electron chi connectivity index (χ3n) is 3.38. The molecule has 19 heavy (non-hydrogen) atoms. The molecule has 0 spiro atoms. The van der Waals surface area contributed by atoms with Crippen molar-refractivity contribution >= 4 is 26.0 Å². The van der Waals surface area contributed by atoms with E-state index in [1.165, 1.54) is 7.11 Å². The summed E-state index contributed by atoms with van der Waals surface area (Å²) in [6.07, 6.45) is 2.02. The van der Waals surface area contributed by atoms with Crippen LogP contribution in [-0.4, -0.2) is 32.9 Å². The van der Waals surface area contributed by atoms with Gasteiger partial charge in [0.15, 0.2) is 0 Å². The fourth-order valence-corrected chi connectivity index (χ4v) is 4.34. The Hall–Kier alpha value is -0.590. The lowest BCUT2D eigenvalue weighted by molar-refractivity contribution is 0.281. The second-order valence-electron chi connectivity index (χ2n) is 4.91. The van der Waals surface area contributed by atoms with Gasteiger partial charge in [-0.25, -0.2) is 8.42 Å². The summed E-state index contributed by atoms with van der Waals surface area (Å²) in [6, 6.07) is 4.89. The van der Waals surface area contributed by atoms with Crippen LogP contribution in [0, 0.1) is 5.92 Å². The molecule has 6 heteroatoms. The number of piperidine rings is 1. The fourth-order valence-electron chi connectivity index (χ4n) is 2.31. The summed E-state index contributed by atoms with van der Waals surface area (Å²) in [4.78, 5) is 0.293. The summed E-state index contributed by atoms with van der Waals surface area (Å²) in [6.45, 7) is 3.29. The van der Waals surface area contributed by atoms with Crippen molar-refractivity contribution in [3.05, 3.63) is 22.7 Å². The average Bonchev–Trinajstić information content (AvgIpc) is 2.39. The van der Waals surface area contributed by atoms with Gasteiger partial charge in [0, 0.05) is 19.2 Å². The highest BCUT2D eigenvalue weighted by Gasteiger charge is 2.29. The Labute approximate surface area is 122 Å². The average molecular weight is 348 g/mol. The van der Waals surface area contributed by atoms with Crippen molar-refractivity contribution in [2.24, 2.45) is 5.92 Å². The van der Waals surface area contributed by atoms with Crippen molar-refractivity contribution in [2.45, 2.75) is 24.7 Å². The molecule has 1 aliphatic rings.